The fourth-order valence-electron chi connectivity index (χ4n) is 8.05. The molecule has 2 saturated heterocycles. The van der Waals surface area contributed by atoms with Crippen LogP contribution < -0.4 is 0 Å². The van der Waals surface area contributed by atoms with Crippen LogP contribution in [0.2, 0.25) is 0 Å². The van der Waals surface area contributed by atoms with Crippen LogP contribution in [-0.4, -0.2) is 167 Å². The van der Waals surface area contributed by atoms with Gasteiger partial charge in [-0.05, 0) is 59.7 Å². The van der Waals surface area contributed by atoms with Gasteiger partial charge < -0.3 is 62.9 Å². The van der Waals surface area contributed by atoms with E-state index in [0.717, 1.165) is 0 Å². The molecule has 2 fully saturated rings. The van der Waals surface area contributed by atoms with Gasteiger partial charge in [0.1, 0.15) is 42.7 Å². The summed E-state index contributed by atoms with van der Waals surface area (Å²) in [5.74, 6) is -4.04. The Hall–Kier alpha value is -2.19. The Labute approximate surface area is 338 Å². The molecule has 0 aromatic heterocycles. The summed E-state index contributed by atoms with van der Waals surface area (Å²) in [6.07, 6.45) is -5.53. The van der Waals surface area contributed by atoms with E-state index in [2.05, 4.69) is 0 Å². The predicted molar refractivity (Wildman–Crippen MR) is 207 cm³/mol. The first-order valence-electron chi connectivity index (χ1n) is 19.9. The molecule has 3 aliphatic rings. The topological polar surface area (TPSA) is 198 Å². The Kier molecular flexibility index (Phi) is 19.8. The second kappa shape index (κ2) is 23.0. The minimum absolute atomic E-state index is 0.00201. The number of aliphatic hydroxyl groups excluding tert-OH is 3. The Balaban J connectivity index is 2.02. The van der Waals surface area contributed by atoms with Gasteiger partial charge in [-0.3, -0.25) is 14.4 Å². The number of cyclic esters (lactones) is 1. The van der Waals surface area contributed by atoms with Gasteiger partial charge in [0.2, 0.25) is 0 Å². The maximum atomic E-state index is 14.1. The molecule has 0 aromatic carbocycles. The molecule has 6 unspecified atom stereocenters. The molecule has 3 aliphatic heterocycles. The van der Waals surface area contributed by atoms with Crippen LogP contribution in [0, 0.1) is 23.7 Å². The zero-order valence-corrected chi connectivity index (χ0v) is 35.8. The van der Waals surface area contributed by atoms with E-state index in [1.165, 1.54) is 34.5 Å². The van der Waals surface area contributed by atoms with Gasteiger partial charge in [-0.2, -0.15) is 0 Å². The highest BCUT2D eigenvalue weighted by atomic mass is 16.7. The summed E-state index contributed by atoms with van der Waals surface area (Å²) >= 11 is 0. The minimum atomic E-state index is -1.31. The number of carbonyl (C=O) groups is 3. The fraction of sp³-hybridized carbons (Fsp3) is 0.829. The highest BCUT2D eigenvalue weighted by Gasteiger charge is 2.48. The van der Waals surface area contributed by atoms with Crippen molar-refractivity contribution in [3.63, 3.8) is 0 Å². The number of allylic oxidation sites excluding steroid dienone is 3. The number of methoxy groups -OCH3 is 4. The third-order valence-electron chi connectivity index (χ3n) is 11.5. The molecule has 0 bridgehead atoms. The first kappa shape index (κ1) is 49.2. The van der Waals surface area contributed by atoms with E-state index in [-0.39, 0.29) is 25.2 Å². The number of nitrogens with zero attached hydrogens (tertiary/aromatic N) is 1. The molecule has 328 valence electrons. The van der Waals surface area contributed by atoms with Crippen LogP contribution in [0.5, 0.6) is 0 Å². The van der Waals surface area contributed by atoms with Crippen molar-refractivity contribution in [3.05, 3.63) is 23.8 Å². The molecule has 3 rings (SSSR count). The summed E-state index contributed by atoms with van der Waals surface area (Å²) in [4.78, 5) is 43.2. The molecule has 0 spiro atoms. The number of aliphatic hydroxyl groups is 3. The van der Waals surface area contributed by atoms with Gasteiger partial charge >= 0.3 is 5.97 Å². The maximum Gasteiger partial charge on any atom is 0.313 e. The number of hydrogen-bond donors (Lipinski definition) is 3. The number of ketones is 2. The number of likely N-dealkylation sites (N-methyl/N-ethyl adjacent to an activating group) is 1. The second-order valence-electron chi connectivity index (χ2n) is 15.9. The van der Waals surface area contributed by atoms with E-state index >= 15 is 0 Å². The molecule has 0 radical (unpaired) electrons. The van der Waals surface area contributed by atoms with Crippen molar-refractivity contribution in [2.45, 2.75) is 147 Å². The Morgan fingerprint density at radius 3 is 2.04 bits per heavy atom. The lowest BCUT2D eigenvalue weighted by Gasteiger charge is -2.46. The quantitative estimate of drug-likeness (QED) is 0.139. The van der Waals surface area contributed by atoms with E-state index in [0.29, 0.717) is 12.0 Å². The van der Waals surface area contributed by atoms with Crippen LogP contribution in [0.15, 0.2) is 23.8 Å². The van der Waals surface area contributed by atoms with Crippen molar-refractivity contribution < 1.29 is 72.3 Å². The average Bonchev–Trinajstić information content (AvgIpc) is 3.17. The number of ether oxygens (including phenoxy) is 9. The lowest BCUT2D eigenvalue weighted by atomic mass is 9.79. The van der Waals surface area contributed by atoms with E-state index in [9.17, 15) is 29.7 Å². The molecule has 3 N–H and O–H groups in total. The van der Waals surface area contributed by atoms with Gasteiger partial charge in [0.25, 0.3) is 0 Å². The maximum absolute atomic E-state index is 14.1. The molecule has 16 nitrogen and oxygen atoms in total. The molecule has 0 amide bonds. The van der Waals surface area contributed by atoms with Gasteiger partial charge in [-0.15, -0.1) is 0 Å². The van der Waals surface area contributed by atoms with Crippen LogP contribution in [0.1, 0.15) is 67.2 Å². The van der Waals surface area contributed by atoms with E-state index in [4.69, 9.17) is 42.6 Å². The normalized spacial score (nSPS) is 40.9. The van der Waals surface area contributed by atoms with Crippen molar-refractivity contribution in [3.8, 4) is 0 Å². The van der Waals surface area contributed by atoms with Crippen molar-refractivity contribution in [2.24, 2.45) is 23.7 Å². The molecular formula is C41H69NO15. The van der Waals surface area contributed by atoms with Crippen LogP contribution in [-0.2, 0) is 57.0 Å². The van der Waals surface area contributed by atoms with Crippen molar-refractivity contribution in [2.75, 3.05) is 49.1 Å². The monoisotopic (exact) mass is 815 g/mol. The summed E-state index contributed by atoms with van der Waals surface area (Å²) in [7, 11) is 9.35. The average molecular weight is 816 g/mol. The molecule has 0 aromatic rings. The summed E-state index contributed by atoms with van der Waals surface area (Å²) in [6, 6.07) is -0.749. The molecule has 57 heavy (non-hydrogen) atoms. The van der Waals surface area contributed by atoms with E-state index in [1.54, 1.807) is 52.8 Å². The van der Waals surface area contributed by atoms with Gasteiger partial charge in [0.15, 0.2) is 24.7 Å². The molecule has 16 atom stereocenters. The number of esters is 1. The summed E-state index contributed by atoms with van der Waals surface area (Å²) < 4.78 is 53.0. The lowest BCUT2D eigenvalue weighted by Crippen LogP contribution is -2.63. The minimum Gasteiger partial charge on any atom is -0.461 e. The summed E-state index contributed by atoms with van der Waals surface area (Å²) in [5.41, 5.74) is 0.702. The molecule has 0 aliphatic carbocycles. The van der Waals surface area contributed by atoms with Gasteiger partial charge in [-0.25, -0.2) is 0 Å². The summed E-state index contributed by atoms with van der Waals surface area (Å²) in [5, 5.41) is 32.9. The van der Waals surface area contributed by atoms with Crippen LogP contribution in [0.25, 0.3) is 0 Å². The van der Waals surface area contributed by atoms with Crippen LogP contribution in [0.3, 0.4) is 0 Å². The first-order chi connectivity index (χ1) is 26.9. The smallest absolute Gasteiger partial charge is 0.313 e. The van der Waals surface area contributed by atoms with E-state index in [1.807, 2.05) is 19.9 Å². The van der Waals surface area contributed by atoms with Gasteiger partial charge in [-0.1, -0.05) is 38.5 Å². The zero-order chi connectivity index (χ0) is 42.7. The van der Waals surface area contributed by atoms with Crippen LogP contribution >= 0.6 is 0 Å². The van der Waals surface area contributed by atoms with Gasteiger partial charge in [0, 0.05) is 52.6 Å². The number of carbonyl (C=O) groups excluding carboxylic acids is 3. The Morgan fingerprint density at radius 1 is 0.842 bits per heavy atom. The lowest BCUT2D eigenvalue weighted by molar-refractivity contribution is -0.304. The molecule has 0 saturated carbocycles. The third kappa shape index (κ3) is 12.9. The molecule has 16 heteroatoms. The Morgan fingerprint density at radius 2 is 1.46 bits per heavy atom. The largest absolute Gasteiger partial charge is 0.461 e. The number of rotatable bonds is 13. The van der Waals surface area contributed by atoms with Crippen molar-refractivity contribution in [1.29, 1.82) is 0 Å². The molecule has 3 heterocycles. The first-order valence-corrected chi connectivity index (χ1v) is 19.9. The zero-order valence-electron chi connectivity index (χ0n) is 35.8. The highest BCUT2D eigenvalue weighted by Crippen LogP contribution is 2.35. The standard InChI is InChI=1S/C41H69NO15/c1-13-30-27(20-53-41-39(52-12)38(51-11)35(47)25(6)55-41)16-21(2)14-15-28(43)22(3)17-26(18-32(49-9)50-10)37(23(4)29(44)19-31(45)56-30)57-40-36(48)33(42(7)8)34(46)24(5)54-40/h14-16,22-27,30,32-41,46-48H,13,17-20H2,1-12H3/b15-14+,21-16+/t22?,23?,24-,25-,26?,27?,30?,33+,34-,35-,36-,37?,38-,39+,40+,41-/m1/s1. The number of hydrogen-bond acceptors (Lipinski definition) is 16. The van der Waals surface area contributed by atoms with Crippen molar-refractivity contribution >= 4 is 17.5 Å². The highest BCUT2D eigenvalue weighted by molar-refractivity contribution is 5.97. The fourth-order valence-corrected chi connectivity index (χ4v) is 8.05. The SMILES string of the molecule is CCC1OC(=O)CC(=O)C(C)C(O[C@@H]2O[C@H](C)[C@@H](O)[C@H](N(C)C)[C@H]2O)C(CC(OC)OC)CC(C)C(=O)/C=C/C(C)=C/C1CO[C@@H]1O[C@H](C)[C@@H](O)[C@@H](OC)[C@@H]1OC. The third-order valence-corrected chi connectivity index (χ3v) is 11.5. The van der Waals surface area contributed by atoms with Crippen molar-refractivity contribution in [1.82, 2.24) is 4.90 Å². The Bertz CT molecular complexity index is 1340. The predicted octanol–water partition coefficient (Wildman–Crippen LogP) is 2.19. The molecular weight excluding hydrogens is 746 g/mol. The van der Waals surface area contributed by atoms with E-state index < -0.39 is 122 Å². The second-order valence-corrected chi connectivity index (χ2v) is 15.9. The van der Waals surface area contributed by atoms with Crippen LogP contribution in [0.4, 0.5) is 0 Å². The van der Waals surface area contributed by atoms with Gasteiger partial charge in [0.05, 0.1) is 37.1 Å². The number of Topliss-reactive ketones (excluding diaryl/α,β-unsaturated/α-hetero) is 1. The summed E-state index contributed by atoms with van der Waals surface area (Å²) in [6.45, 7) is 10.5.